The first-order valence-electron chi connectivity index (χ1n) is 11.3. The summed E-state index contributed by atoms with van der Waals surface area (Å²) < 4.78 is 7.29. The number of morpholine rings is 1. The maximum Gasteiger partial charge on any atom is 0.185 e. The van der Waals surface area contributed by atoms with Gasteiger partial charge in [0.15, 0.2) is 11.5 Å². The molecule has 0 unspecified atom stereocenters. The van der Waals surface area contributed by atoms with Crippen LogP contribution in [0.2, 0.25) is 0 Å². The van der Waals surface area contributed by atoms with Crippen molar-refractivity contribution in [3.8, 4) is 11.4 Å². The number of aromatic nitrogens is 6. The molecular formula is C23H25N9O. The molecule has 2 saturated heterocycles. The van der Waals surface area contributed by atoms with E-state index in [4.69, 9.17) is 9.84 Å². The average Bonchev–Trinajstić information content (AvgIpc) is 3.33. The number of piperazine rings is 1. The van der Waals surface area contributed by atoms with Crippen molar-refractivity contribution in [1.82, 2.24) is 29.8 Å². The molecule has 10 nitrogen and oxygen atoms in total. The third kappa shape index (κ3) is 3.93. The summed E-state index contributed by atoms with van der Waals surface area (Å²) >= 11 is 0. The van der Waals surface area contributed by atoms with E-state index < -0.39 is 0 Å². The van der Waals surface area contributed by atoms with Crippen LogP contribution in [0.15, 0.2) is 54.9 Å². The molecule has 0 aliphatic carbocycles. The van der Waals surface area contributed by atoms with E-state index in [-0.39, 0.29) is 0 Å². The third-order valence-electron chi connectivity index (χ3n) is 6.18. The van der Waals surface area contributed by atoms with Crippen LogP contribution in [0.5, 0.6) is 0 Å². The van der Waals surface area contributed by atoms with E-state index in [1.165, 1.54) is 0 Å². The van der Waals surface area contributed by atoms with Gasteiger partial charge in [0.2, 0.25) is 0 Å². The summed E-state index contributed by atoms with van der Waals surface area (Å²) in [6.45, 7) is 6.68. The molecule has 0 saturated carbocycles. The third-order valence-corrected chi connectivity index (χ3v) is 6.18. The molecule has 1 aromatic carbocycles. The van der Waals surface area contributed by atoms with Crippen molar-refractivity contribution in [3.05, 3.63) is 54.9 Å². The largest absolute Gasteiger partial charge is 0.378 e. The minimum absolute atomic E-state index is 0.743. The molecule has 0 spiro atoms. The van der Waals surface area contributed by atoms with Crippen molar-refractivity contribution in [3.63, 3.8) is 0 Å². The fourth-order valence-corrected chi connectivity index (χ4v) is 4.36. The van der Waals surface area contributed by atoms with Crippen LogP contribution in [0.25, 0.3) is 17.0 Å². The second-order valence-corrected chi connectivity index (χ2v) is 8.16. The smallest absolute Gasteiger partial charge is 0.185 e. The molecule has 2 aliphatic rings. The second kappa shape index (κ2) is 8.62. The first-order chi connectivity index (χ1) is 16.3. The normalized spacial score (nSPS) is 17.0. The zero-order valence-electron chi connectivity index (χ0n) is 18.3. The van der Waals surface area contributed by atoms with Crippen molar-refractivity contribution in [2.24, 2.45) is 0 Å². The van der Waals surface area contributed by atoms with Gasteiger partial charge in [0, 0.05) is 50.9 Å². The number of hydrogen-bond donors (Lipinski definition) is 0. The molecule has 6 rings (SSSR count). The molecule has 5 heterocycles. The van der Waals surface area contributed by atoms with Crippen molar-refractivity contribution in [2.75, 3.05) is 67.2 Å². The zero-order chi connectivity index (χ0) is 22.0. The molecular weight excluding hydrogens is 418 g/mol. The lowest BCUT2D eigenvalue weighted by atomic mass is 10.2. The topological polar surface area (TPSA) is 87.8 Å². The summed E-state index contributed by atoms with van der Waals surface area (Å²) in [6, 6.07) is 16.1. The zero-order valence-corrected chi connectivity index (χ0v) is 18.3. The van der Waals surface area contributed by atoms with Crippen LogP contribution in [0, 0.1) is 0 Å². The van der Waals surface area contributed by atoms with Crippen LogP contribution in [0.4, 0.5) is 17.5 Å². The van der Waals surface area contributed by atoms with E-state index in [2.05, 4.69) is 40.9 Å². The summed E-state index contributed by atoms with van der Waals surface area (Å²) in [7, 11) is 0. The lowest BCUT2D eigenvalue weighted by Gasteiger charge is -2.36. The van der Waals surface area contributed by atoms with Gasteiger partial charge in [-0.05, 0) is 12.1 Å². The average molecular weight is 444 g/mol. The highest BCUT2D eigenvalue weighted by Gasteiger charge is 2.22. The van der Waals surface area contributed by atoms with Crippen LogP contribution >= 0.6 is 0 Å². The van der Waals surface area contributed by atoms with Crippen LogP contribution in [-0.2, 0) is 4.74 Å². The van der Waals surface area contributed by atoms with Crippen LogP contribution < -0.4 is 14.7 Å². The molecule has 0 atom stereocenters. The Kier molecular flexibility index (Phi) is 5.19. The fourth-order valence-electron chi connectivity index (χ4n) is 4.36. The van der Waals surface area contributed by atoms with Gasteiger partial charge in [0.25, 0.3) is 0 Å². The summed E-state index contributed by atoms with van der Waals surface area (Å²) in [5.74, 6) is 3.62. The fraction of sp³-hybridized carbons (Fsp3) is 0.348. The lowest BCUT2D eigenvalue weighted by Crippen LogP contribution is -2.47. The Hall–Kier alpha value is -3.79. The summed E-state index contributed by atoms with van der Waals surface area (Å²) in [5.41, 5.74) is 1.74. The molecule has 0 N–H and O–H groups in total. The molecule has 0 amide bonds. The van der Waals surface area contributed by atoms with Gasteiger partial charge in [0.05, 0.1) is 13.2 Å². The minimum atomic E-state index is 0.743. The number of fused-ring (bicyclic) bond motifs is 1. The highest BCUT2D eigenvalue weighted by molar-refractivity contribution is 5.60. The predicted octanol–water partition coefficient (Wildman–Crippen LogP) is 1.74. The van der Waals surface area contributed by atoms with E-state index in [1.54, 1.807) is 6.33 Å². The van der Waals surface area contributed by atoms with Gasteiger partial charge in [-0.3, -0.25) is 0 Å². The molecule has 3 aromatic heterocycles. The van der Waals surface area contributed by atoms with Crippen molar-refractivity contribution < 1.29 is 4.74 Å². The Morgan fingerprint density at radius 3 is 2.06 bits per heavy atom. The first kappa shape index (κ1) is 19.9. The van der Waals surface area contributed by atoms with Gasteiger partial charge in [-0.1, -0.05) is 30.3 Å². The number of anilines is 3. The van der Waals surface area contributed by atoms with Gasteiger partial charge in [0.1, 0.15) is 23.8 Å². The van der Waals surface area contributed by atoms with Crippen LogP contribution in [0.3, 0.4) is 0 Å². The monoisotopic (exact) mass is 443 g/mol. The Morgan fingerprint density at radius 1 is 0.667 bits per heavy atom. The summed E-state index contributed by atoms with van der Waals surface area (Å²) in [5, 5.41) is 13.5. The lowest BCUT2D eigenvalue weighted by molar-refractivity contribution is 0.122. The molecule has 10 heteroatoms. The Labute approximate surface area is 191 Å². The Morgan fingerprint density at radius 2 is 1.33 bits per heavy atom. The van der Waals surface area contributed by atoms with Gasteiger partial charge >= 0.3 is 0 Å². The highest BCUT2D eigenvalue weighted by atomic mass is 16.5. The number of rotatable bonds is 4. The first-order valence-corrected chi connectivity index (χ1v) is 11.3. The molecule has 168 valence electrons. The van der Waals surface area contributed by atoms with Crippen molar-refractivity contribution >= 4 is 23.1 Å². The molecule has 2 aliphatic heterocycles. The number of nitrogens with zero attached hydrogens (tertiary/aromatic N) is 9. The second-order valence-electron chi connectivity index (χ2n) is 8.16. The van der Waals surface area contributed by atoms with E-state index in [1.807, 2.05) is 47.0 Å². The molecule has 4 aromatic rings. The summed E-state index contributed by atoms with van der Waals surface area (Å²) in [4.78, 5) is 15.9. The van der Waals surface area contributed by atoms with E-state index in [0.717, 1.165) is 87.0 Å². The summed E-state index contributed by atoms with van der Waals surface area (Å²) in [6.07, 6.45) is 1.67. The van der Waals surface area contributed by atoms with Crippen molar-refractivity contribution in [2.45, 2.75) is 0 Å². The molecule has 0 radical (unpaired) electrons. The molecule has 33 heavy (non-hydrogen) atoms. The number of ether oxygens (including phenoxy) is 1. The van der Waals surface area contributed by atoms with E-state index in [9.17, 15) is 0 Å². The number of benzene rings is 1. The van der Waals surface area contributed by atoms with E-state index in [0.29, 0.717) is 0 Å². The quantitative estimate of drug-likeness (QED) is 0.468. The number of hydrogen-bond acceptors (Lipinski definition) is 9. The standard InChI is InChI=1S/C23H25N9O/c1-2-4-18(5-3-1)23-27-26-19-6-7-20(28-32(19)23)29-8-10-30(11-9-29)21-16-22(25-17-24-21)31-12-14-33-15-13-31/h1-7,16-17H,8-15H2. The van der Waals surface area contributed by atoms with Gasteiger partial charge in [-0.15, -0.1) is 15.3 Å². The van der Waals surface area contributed by atoms with Crippen LogP contribution in [-0.4, -0.2) is 82.3 Å². The van der Waals surface area contributed by atoms with Gasteiger partial charge in [-0.2, -0.15) is 4.52 Å². The minimum Gasteiger partial charge on any atom is -0.378 e. The van der Waals surface area contributed by atoms with Gasteiger partial charge < -0.3 is 19.4 Å². The maximum absolute atomic E-state index is 5.46. The molecule has 0 bridgehead atoms. The SMILES string of the molecule is c1ccc(-c2nnc3ccc(N4CCN(c5cc(N6CCOCC6)ncn5)CC4)nn23)cc1. The predicted molar refractivity (Wildman–Crippen MR) is 126 cm³/mol. The molecule has 2 fully saturated rings. The highest BCUT2D eigenvalue weighted by Crippen LogP contribution is 2.23. The Bertz CT molecular complexity index is 1230. The van der Waals surface area contributed by atoms with Gasteiger partial charge in [-0.25, -0.2) is 9.97 Å². The van der Waals surface area contributed by atoms with Crippen LogP contribution in [0.1, 0.15) is 0 Å². The maximum atomic E-state index is 5.46. The van der Waals surface area contributed by atoms with Crippen molar-refractivity contribution in [1.29, 1.82) is 0 Å². The van der Waals surface area contributed by atoms with E-state index >= 15 is 0 Å². The Balaban J connectivity index is 1.18.